The Labute approximate surface area is 137 Å². The number of nitrogen functional groups attached to an aromatic ring is 1. The first-order valence-corrected chi connectivity index (χ1v) is 9.30. The van der Waals surface area contributed by atoms with Crippen LogP contribution in [0.15, 0.2) is 24.3 Å². The van der Waals surface area contributed by atoms with Gasteiger partial charge in [0.25, 0.3) is 0 Å². The van der Waals surface area contributed by atoms with Crippen molar-refractivity contribution >= 4 is 5.69 Å². The number of hydrogen-bond donors (Lipinski definition) is 1. The van der Waals surface area contributed by atoms with Crippen LogP contribution >= 0.6 is 0 Å². The molecule has 2 N–H and O–H groups in total. The summed E-state index contributed by atoms with van der Waals surface area (Å²) in [6.07, 6.45) is 9.42. The number of benzene rings is 1. The zero-order valence-electron chi connectivity index (χ0n) is 14.6. The normalized spacial score (nSPS) is 18.5. The quantitative estimate of drug-likeness (QED) is 0.680. The molecule has 1 aromatic rings. The minimum Gasteiger partial charge on any atom is -0.399 e. The Kier molecular flexibility index (Phi) is 7.24. The van der Waals surface area contributed by atoms with Crippen LogP contribution in [0.25, 0.3) is 0 Å². The lowest BCUT2D eigenvalue weighted by molar-refractivity contribution is 0.175. The summed E-state index contributed by atoms with van der Waals surface area (Å²) in [7, 11) is 0. The van der Waals surface area contributed by atoms with Crippen molar-refractivity contribution in [3.05, 3.63) is 29.8 Å². The van der Waals surface area contributed by atoms with E-state index in [9.17, 15) is 0 Å². The molecule has 0 radical (unpaired) electrons. The van der Waals surface area contributed by atoms with E-state index >= 15 is 0 Å². The van der Waals surface area contributed by atoms with Crippen LogP contribution in [0, 0.1) is 5.92 Å². The number of nitrogens with zero attached hydrogens (tertiary/aromatic N) is 1. The number of rotatable bonds is 8. The second-order valence-corrected chi connectivity index (χ2v) is 6.99. The lowest BCUT2D eigenvalue weighted by atomic mass is 9.90. The molecule has 2 rings (SSSR count). The summed E-state index contributed by atoms with van der Waals surface area (Å²) in [4.78, 5) is 2.68. The molecule has 1 aromatic carbocycles. The first kappa shape index (κ1) is 17.3. The monoisotopic (exact) mass is 302 g/mol. The van der Waals surface area contributed by atoms with E-state index < -0.39 is 0 Å². The highest BCUT2D eigenvalue weighted by molar-refractivity contribution is 5.41. The van der Waals surface area contributed by atoms with Gasteiger partial charge in [-0.3, -0.25) is 0 Å². The molecule has 22 heavy (non-hydrogen) atoms. The van der Waals surface area contributed by atoms with Crippen LogP contribution in [0.4, 0.5) is 5.69 Å². The third-order valence-electron chi connectivity index (χ3n) is 5.31. The molecule has 0 bridgehead atoms. The number of anilines is 1. The van der Waals surface area contributed by atoms with Crippen LogP contribution in [0.3, 0.4) is 0 Å². The molecule has 2 heteroatoms. The third-order valence-corrected chi connectivity index (χ3v) is 5.31. The topological polar surface area (TPSA) is 29.3 Å². The molecule has 1 saturated heterocycles. The molecule has 2 nitrogen and oxygen atoms in total. The standard InChI is InChI=1S/C20H34N2/c1-3-7-17-11-14-22(15-12-17)13-6-9-18(4-2)19-8-5-10-20(21)16-19/h5,8,10,16-18H,3-4,6-7,9,11-15,21H2,1-2H3. The second kappa shape index (κ2) is 9.19. The summed E-state index contributed by atoms with van der Waals surface area (Å²) in [6.45, 7) is 8.52. The van der Waals surface area contributed by atoms with E-state index in [4.69, 9.17) is 5.73 Å². The van der Waals surface area contributed by atoms with E-state index in [0.717, 1.165) is 11.6 Å². The molecule has 1 aliphatic rings. The first-order valence-electron chi connectivity index (χ1n) is 9.30. The van der Waals surface area contributed by atoms with Crippen molar-refractivity contribution in [2.45, 2.75) is 64.7 Å². The molecule has 0 saturated carbocycles. The fraction of sp³-hybridized carbons (Fsp3) is 0.700. The summed E-state index contributed by atoms with van der Waals surface area (Å²) in [6, 6.07) is 8.47. The van der Waals surface area contributed by atoms with Crippen molar-refractivity contribution in [2.75, 3.05) is 25.4 Å². The van der Waals surface area contributed by atoms with Gasteiger partial charge in [0.2, 0.25) is 0 Å². The van der Waals surface area contributed by atoms with Gasteiger partial charge in [0.05, 0.1) is 0 Å². The van der Waals surface area contributed by atoms with Crippen molar-refractivity contribution in [2.24, 2.45) is 5.92 Å². The molecular formula is C20H34N2. The van der Waals surface area contributed by atoms with Crippen LogP contribution in [-0.2, 0) is 0 Å². The maximum Gasteiger partial charge on any atom is 0.0316 e. The molecule has 1 unspecified atom stereocenters. The summed E-state index contributed by atoms with van der Waals surface area (Å²) in [5.74, 6) is 1.66. The molecule has 0 amide bonds. The Hall–Kier alpha value is -1.02. The van der Waals surface area contributed by atoms with Crippen LogP contribution in [0.2, 0.25) is 0 Å². The predicted molar refractivity (Wildman–Crippen MR) is 97.2 cm³/mol. The average Bonchev–Trinajstić information content (AvgIpc) is 2.53. The van der Waals surface area contributed by atoms with Gasteiger partial charge in [0, 0.05) is 5.69 Å². The Bertz CT molecular complexity index is 421. The van der Waals surface area contributed by atoms with Gasteiger partial charge in [0.15, 0.2) is 0 Å². The van der Waals surface area contributed by atoms with Crippen molar-refractivity contribution in [1.82, 2.24) is 4.90 Å². The molecule has 1 aliphatic heterocycles. The molecule has 0 aromatic heterocycles. The van der Waals surface area contributed by atoms with Gasteiger partial charge in [-0.1, -0.05) is 38.8 Å². The smallest absolute Gasteiger partial charge is 0.0316 e. The zero-order valence-corrected chi connectivity index (χ0v) is 14.6. The van der Waals surface area contributed by atoms with Crippen molar-refractivity contribution in [1.29, 1.82) is 0 Å². The van der Waals surface area contributed by atoms with Gasteiger partial charge in [-0.05, 0) is 81.3 Å². The maximum absolute atomic E-state index is 5.93. The van der Waals surface area contributed by atoms with Gasteiger partial charge in [0.1, 0.15) is 0 Å². The fourth-order valence-corrected chi connectivity index (χ4v) is 3.89. The predicted octanol–water partition coefficient (Wildman–Crippen LogP) is 5.05. The number of likely N-dealkylation sites (tertiary alicyclic amines) is 1. The van der Waals surface area contributed by atoms with E-state index in [1.54, 1.807) is 0 Å². The zero-order chi connectivity index (χ0) is 15.8. The summed E-state index contributed by atoms with van der Waals surface area (Å²) in [5, 5.41) is 0. The summed E-state index contributed by atoms with van der Waals surface area (Å²) < 4.78 is 0. The average molecular weight is 303 g/mol. The van der Waals surface area contributed by atoms with Crippen molar-refractivity contribution < 1.29 is 0 Å². The molecular weight excluding hydrogens is 268 g/mol. The molecule has 1 fully saturated rings. The SMILES string of the molecule is CCCC1CCN(CCCC(CC)c2cccc(N)c2)CC1. The Balaban J connectivity index is 1.71. The van der Waals surface area contributed by atoms with Crippen LogP contribution in [0.5, 0.6) is 0 Å². The number of nitrogens with two attached hydrogens (primary N) is 1. The summed E-state index contributed by atoms with van der Waals surface area (Å²) >= 11 is 0. The highest BCUT2D eigenvalue weighted by Crippen LogP contribution is 2.27. The van der Waals surface area contributed by atoms with Crippen LogP contribution in [-0.4, -0.2) is 24.5 Å². The molecule has 1 heterocycles. The number of piperidine rings is 1. The van der Waals surface area contributed by atoms with Crippen molar-refractivity contribution in [3.63, 3.8) is 0 Å². The number of hydrogen-bond acceptors (Lipinski definition) is 2. The van der Waals surface area contributed by atoms with E-state index in [1.807, 2.05) is 6.07 Å². The Morgan fingerprint density at radius 2 is 2.00 bits per heavy atom. The summed E-state index contributed by atoms with van der Waals surface area (Å²) in [5.41, 5.74) is 8.24. The van der Waals surface area contributed by atoms with Gasteiger partial charge >= 0.3 is 0 Å². The van der Waals surface area contributed by atoms with Crippen molar-refractivity contribution in [3.8, 4) is 0 Å². The molecule has 0 spiro atoms. The van der Waals surface area contributed by atoms with E-state index in [0.29, 0.717) is 5.92 Å². The van der Waals surface area contributed by atoms with Gasteiger partial charge in [-0.2, -0.15) is 0 Å². The lowest BCUT2D eigenvalue weighted by Gasteiger charge is -2.32. The van der Waals surface area contributed by atoms with Gasteiger partial charge in [-0.25, -0.2) is 0 Å². The molecule has 0 aliphatic carbocycles. The minimum atomic E-state index is 0.668. The highest BCUT2D eigenvalue weighted by atomic mass is 15.1. The van der Waals surface area contributed by atoms with Crippen LogP contribution in [0.1, 0.15) is 70.3 Å². The third kappa shape index (κ3) is 5.31. The largest absolute Gasteiger partial charge is 0.399 e. The maximum atomic E-state index is 5.93. The lowest BCUT2D eigenvalue weighted by Crippen LogP contribution is -2.34. The Morgan fingerprint density at radius 1 is 1.23 bits per heavy atom. The Morgan fingerprint density at radius 3 is 2.64 bits per heavy atom. The van der Waals surface area contributed by atoms with E-state index in [1.165, 1.54) is 70.1 Å². The van der Waals surface area contributed by atoms with Gasteiger partial charge < -0.3 is 10.6 Å². The van der Waals surface area contributed by atoms with Gasteiger partial charge in [-0.15, -0.1) is 0 Å². The fourth-order valence-electron chi connectivity index (χ4n) is 3.89. The molecule has 124 valence electrons. The van der Waals surface area contributed by atoms with E-state index in [-0.39, 0.29) is 0 Å². The minimum absolute atomic E-state index is 0.668. The highest BCUT2D eigenvalue weighted by Gasteiger charge is 2.18. The van der Waals surface area contributed by atoms with E-state index in [2.05, 4.69) is 36.9 Å². The first-order chi connectivity index (χ1) is 10.7. The second-order valence-electron chi connectivity index (χ2n) is 6.99. The molecule has 1 atom stereocenters. The van der Waals surface area contributed by atoms with Crippen LogP contribution < -0.4 is 5.73 Å².